The summed E-state index contributed by atoms with van der Waals surface area (Å²) in [5, 5.41) is 5.38. The first-order valence-electron chi connectivity index (χ1n) is 10.2. The Bertz CT molecular complexity index is 1030. The molecule has 1 heterocycles. The Hall–Kier alpha value is -3.88. The van der Waals surface area contributed by atoms with Gasteiger partial charge in [-0.3, -0.25) is 19.3 Å². The number of methoxy groups -OCH3 is 1. The lowest BCUT2D eigenvalue weighted by Crippen LogP contribution is -2.46. The number of carbonyl (C=O) groups excluding carboxylic acids is 4. The van der Waals surface area contributed by atoms with E-state index in [-0.39, 0.29) is 13.1 Å². The normalized spacial score (nSPS) is 17.7. The summed E-state index contributed by atoms with van der Waals surface area (Å²) < 4.78 is 5.21. The fraction of sp³-hybridized carbons (Fsp3) is 0.304. The van der Waals surface area contributed by atoms with Crippen molar-refractivity contribution in [3.05, 3.63) is 60.2 Å². The van der Waals surface area contributed by atoms with Crippen molar-refractivity contribution < 1.29 is 23.9 Å². The van der Waals surface area contributed by atoms with Gasteiger partial charge in [0, 0.05) is 6.54 Å². The van der Waals surface area contributed by atoms with Gasteiger partial charge in [-0.05, 0) is 31.5 Å². The lowest BCUT2D eigenvalue weighted by Gasteiger charge is -2.24. The molecule has 32 heavy (non-hydrogen) atoms. The number of nitrogens with one attached hydrogen (secondary N) is 2. The summed E-state index contributed by atoms with van der Waals surface area (Å²) in [7, 11) is 1.49. The number of hydrogen-bond donors (Lipinski definition) is 2. The Morgan fingerprint density at radius 1 is 1.09 bits per heavy atom. The molecule has 1 fully saturated rings. The Kier molecular flexibility index (Phi) is 6.77. The van der Waals surface area contributed by atoms with Gasteiger partial charge in [-0.15, -0.1) is 0 Å². The summed E-state index contributed by atoms with van der Waals surface area (Å²) in [5.74, 6) is -0.953. The van der Waals surface area contributed by atoms with Gasteiger partial charge in [0.15, 0.2) is 0 Å². The van der Waals surface area contributed by atoms with Crippen LogP contribution in [-0.4, -0.2) is 60.3 Å². The van der Waals surface area contributed by atoms with Crippen LogP contribution >= 0.6 is 0 Å². The van der Waals surface area contributed by atoms with Gasteiger partial charge in [0.1, 0.15) is 17.8 Å². The molecule has 5 amide bonds. The highest BCUT2D eigenvalue weighted by molar-refractivity contribution is 6.09. The molecule has 0 spiro atoms. The van der Waals surface area contributed by atoms with Gasteiger partial charge in [-0.1, -0.05) is 42.5 Å². The predicted molar refractivity (Wildman–Crippen MR) is 118 cm³/mol. The summed E-state index contributed by atoms with van der Waals surface area (Å²) in [6.07, 6.45) is 0. The van der Waals surface area contributed by atoms with Crippen LogP contribution in [0.1, 0.15) is 19.4 Å². The van der Waals surface area contributed by atoms with Crippen LogP contribution in [0.4, 0.5) is 10.5 Å². The molecule has 0 aromatic heterocycles. The molecule has 9 heteroatoms. The van der Waals surface area contributed by atoms with Crippen LogP contribution in [0, 0.1) is 0 Å². The minimum Gasteiger partial charge on any atom is -0.495 e. The first kappa shape index (κ1) is 22.8. The van der Waals surface area contributed by atoms with Crippen molar-refractivity contribution in [2.75, 3.05) is 32.1 Å². The van der Waals surface area contributed by atoms with Gasteiger partial charge >= 0.3 is 6.03 Å². The number of hydrogen-bond acceptors (Lipinski definition) is 5. The van der Waals surface area contributed by atoms with Crippen LogP contribution in [0.15, 0.2) is 54.6 Å². The van der Waals surface area contributed by atoms with Crippen LogP contribution in [0.25, 0.3) is 0 Å². The molecule has 0 aliphatic carbocycles. The molecule has 1 atom stereocenters. The van der Waals surface area contributed by atoms with E-state index in [1.165, 1.54) is 12.0 Å². The number of nitrogens with zero attached hydrogens (tertiary/aromatic N) is 2. The highest BCUT2D eigenvalue weighted by atomic mass is 16.5. The molecule has 0 unspecified atom stereocenters. The molecule has 3 rings (SSSR count). The molecule has 0 saturated carbocycles. The largest absolute Gasteiger partial charge is 0.495 e. The molecule has 2 aromatic rings. The van der Waals surface area contributed by atoms with Gasteiger partial charge in [-0.25, -0.2) is 4.79 Å². The van der Waals surface area contributed by atoms with E-state index in [0.29, 0.717) is 17.0 Å². The predicted octanol–water partition coefficient (Wildman–Crippen LogP) is 1.95. The standard InChI is InChI=1S/C23H26N4O5/c1-4-26(14-19(28)24-17-12-8-9-13-18(17)32-3)20(29)15-27-21(30)23(2,25-22(27)31)16-10-6-5-7-11-16/h5-13H,4,14-15H2,1-3H3,(H,24,28)(H,25,31)/t23-/m1/s1. The number of ether oxygens (including phenoxy) is 1. The van der Waals surface area contributed by atoms with Gasteiger partial charge in [-0.2, -0.15) is 0 Å². The number of anilines is 1. The Morgan fingerprint density at radius 2 is 1.75 bits per heavy atom. The molecule has 1 aliphatic heterocycles. The van der Waals surface area contributed by atoms with Gasteiger partial charge < -0.3 is 20.3 Å². The van der Waals surface area contributed by atoms with E-state index in [1.54, 1.807) is 62.4 Å². The monoisotopic (exact) mass is 438 g/mol. The number of urea groups is 1. The number of para-hydroxylation sites is 2. The summed E-state index contributed by atoms with van der Waals surface area (Å²) in [6, 6.07) is 15.1. The highest BCUT2D eigenvalue weighted by Crippen LogP contribution is 2.28. The fourth-order valence-corrected chi connectivity index (χ4v) is 3.53. The number of imide groups is 1. The lowest BCUT2D eigenvalue weighted by molar-refractivity contribution is -0.140. The maximum Gasteiger partial charge on any atom is 0.325 e. The average molecular weight is 438 g/mol. The molecule has 9 nitrogen and oxygen atoms in total. The van der Waals surface area contributed by atoms with Crippen molar-refractivity contribution in [3.63, 3.8) is 0 Å². The first-order valence-corrected chi connectivity index (χ1v) is 10.2. The third-order valence-corrected chi connectivity index (χ3v) is 5.37. The topological polar surface area (TPSA) is 108 Å². The summed E-state index contributed by atoms with van der Waals surface area (Å²) in [6.45, 7) is 2.87. The molecule has 0 radical (unpaired) electrons. The number of amides is 5. The molecular weight excluding hydrogens is 412 g/mol. The molecule has 1 aliphatic rings. The minimum atomic E-state index is -1.25. The quantitative estimate of drug-likeness (QED) is 0.613. The van der Waals surface area contributed by atoms with Crippen molar-refractivity contribution in [2.24, 2.45) is 0 Å². The minimum absolute atomic E-state index is 0.229. The Labute approximate surface area is 186 Å². The van der Waals surface area contributed by atoms with Crippen molar-refractivity contribution in [3.8, 4) is 5.75 Å². The molecular formula is C23H26N4O5. The average Bonchev–Trinajstić information content (AvgIpc) is 3.02. The third-order valence-electron chi connectivity index (χ3n) is 5.37. The van der Waals surface area contributed by atoms with E-state index in [2.05, 4.69) is 10.6 Å². The Balaban J connectivity index is 1.66. The van der Waals surface area contributed by atoms with Gasteiger partial charge in [0.25, 0.3) is 5.91 Å². The maximum absolute atomic E-state index is 13.0. The van der Waals surface area contributed by atoms with E-state index >= 15 is 0 Å². The zero-order chi connectivity index (χ0) is 23.3. The first-order chi connectivity index (χ1) is 15.3. The number of carbonyl (C=O) groups is 4. The molecule has 2 aromatic carbocycles. The SMILES string of the molecule is CCN(CC(=O)Nc1ccccc1OC)C(=O)CN1C(=O)N[C@](C)(c2ccccc2)C1=O. The van der Waals surface area contributed by atoms with E-state index in [0.717, 1.165) is 4.90 Å². The van der Waals surface area contributed by atoms with Crippen LogP contribution in [0.3, 0.4) is 0 Å². The summed E-state index contributed by atoms with van der Waals surface area (Å²) in [5.41, 5.74) is -0.148. The molecule has 0 bridgehead atoms. The third kappa shape index (κ3) is 4.56. The van der Waals surface area contributed by atoms with Crippen LogP contribution in [0.2, 0.25) is 0 Å². The second-order valence-electron chi connectivity index (χ2n) is 7.47. The molecule has 2 N–H and O–H groups in total. The zero-order valence-electron chi connectivity index (χ0n) is 18.3. The highest BCUT2D eigenvalue weighted by Gasteiger charge is 2.49. The van der Waals surface area contributed by atoms with E-state index in [1.807, 2.05) is 6.07 Å². The number of rotatable bonds is 8. The van der Waals surface area contributed by atoms with E-state index in [4.69, 9.17) is 4.74 Å². The van der Waals surface area contributed by atoms with Gasteiger partial charge in [0.2, 0.25) is 11.8 Å². The van der Waals surface area contributed by atoms with Crippen LogP contribution in [0.5, 0.6) is 5.75 Å². The number of likely N-dealkylation sites (N-methyl/N-ethyl adjacent to an activating group) is 1. The lowest BCUT2D eigenvalue weighted by atomic mass is 9.92. The van der Waals surface area contributed by atoms with Gasteiger partial charge in [0.05, 0.1) is 19.3 Å². The maximum atomic E-state index is 13.0. The summed E-state index contributed by atoms with van der Waals surface area (Å²) in [4.78, 5) is 53.0. The second-order valence-corrected chi connectivity index (χ2v) is 7.47. The fourth-order valence-electron chi connectivity index (χ4n) is 3.53. The van der Waals surface area contributed by atoms with Crippen molar-refractivity contribution in [1.29, 1.82) is 0 Å². The van der Waals surface area contributed by atoms with Crippen molar-refractivity contribution in [1.82, 2.24) is 15.1 Å². The van der Waals surface area contributed by atoms with Crippen molar-refractivity contribution >= 4 is 29.4 Å². The van der Waals surface area contributed by atoms with Crippen LogP contribution < -0.4 is 15.4 Å². The van der Waals surface area contributed by atoms with E-state index in [9.17, 15) is 19.2 Å². The number of benzene rings is 2. The zero-order valence-corrected chi connectivity index (χ0v) is 18.3. The van der Waals surface area contributed by atoms with Crippen molar-refractivity contribution in [2.45, 2.75) is 19.4 Å². The Morgan fingerprint density at radius 3 is 2.41 bits per heavy atom. The summed E-state index contributed by atoms with van der Waals surface area (Å²) >= 11 is 0. The second kappa shape index (κ2) is 9.51. The molecule has 1 saturated heterocycles. The smallest absolute Gasteiger partial charge is 0.325 e. The molecule has 168 valence electrons. The van der Waals surface area contributed by atoms with Crippen LogP contribution in [-0.2, 0) is 19.9 Å². The van der Waals surface area contributed by atoms with E-state index < -0.39 is 35.8 Å².